The van der Waals surface area contributed by atoms with Crippen LogP contribution < -0.4 is 27.8 Å². The molecule has 4 amide bonds. The highest BCUT2D eigenvalue weighted by atomic mass is 16.3. The molecule has 1 saturated heterocycles. The van der Waals surface area contributed by atoms with Gasteiger partial charge in [0.2, 0.25) is 23.6 Å². The largest absolute Gasteiger partial charge is 0.394 e. The summed E-state index contributed by atoms with van der Waals surface area (Å²) in [6.07, 6.45) is -4.36. The van der Waals surface area contributed by atoms with Gasteiger partial charge in [0.15, 0.2) is 0 Å². The predicted molar refractivity (Wildman–Crippen MR) is 105 cm³/mol. The van der Waals surface area contributed by atoms with Crippen LogP contribution in [0.3, 0.4) is 0 Å². The molecular formula is C17H32N6O8. The molecule has 0 aliphatic carbocycles. The fraction of sp³-hybridized carbons (Fsp3) is 0.765. The van der Waals surface area contributed by atoms with Gasteiger partial charge >= 0.3 is 0 Å². The molecule has 0 aromatic carbocycles. The Morgan fingerprint density at radius 3 is 2.32 bits per heavy atom. The fourth-order valence-corrected chi connectivity index (χ4v) is 3.21. The Bertz CT molecular complexity index is 663. The van der Waals surface area contributed by atoms with Crippen molar-refractivity contribution in [2.24, 2.45) is 23.1 Å². The van der Waals surface area contributed by atoms with Gasteiger partial charge in [-0.05, 0) is 0 Å². The number of hydrogen-bond acceptors (Lipinski definition) is 10. The Morgan fingerprint density at radius 1 is 1.19 bits per heavy atom. The van der Waals surface area contributed by atoms with Crippen LogP contribution >= 0.6 is 0 Å². The highest BCUT2D eigenvalue weighted by Crippen LogP contribution is 2.20. The van der Waals surface area contributed by atoms with E-state index in [2.05, 4.69) is 10.6 Å². The van der Waals surface area contributed by atoms with Gasteiger partial charge in [0.05, 0.1) is 37.8 Å². The van der Waals surface area contributed by atoms with Crippen LogP contribution in [0.25, 0.3) is 0 Å². The van der Waals surface area contributed by atoms with E-state index in [0.29, 0.717) is 0 Å². The lowest BCUT2D eigenvalue weighted by Crippen LogP contribution is -2.59. The minimum atomic E-state index is -1.37. The first-order valence-electron chi connectivity index (χ1n) is 9.72. The quantitative estimate of drug-likeness (QED) is 0.135. The lowest BCUT2D eigenvalue weighted by atomic mass is 9.94. The summed E-state index contributed by atoms with van der Waals surface area (Å²) < 4.78 is 0. The van der Waals surface area contributed by atoms with Gasteiger partial charge in [0.25, 0.3) is 0 Å². The van der Waals surface area contributed by atoms with Gasteiger partial charge in [-0.15, -0.1) is 0 Å². The number of likely N-dealkylation sites (tertiary alicyclic amines) is 1. The summed E-state index contributed by atoms with van der Waals surface area (Å²) >= 11 is 0. The molecule has 1 aliphatic rings. The number of nitrogens with zero attached hydrogens (tertiary/aromatic N) is 1. The Hall–Kier alpha value is -2.36. The van der Waals surface area contributed by atoms with Crippen molar-refractivity contribution in [2.45, 2.75) is 56.3 Å². The third-order valence-corrected chi connectivity index (χ3v) is 4.99. The van der Waals surface area contributed by atoms with Crippen LogP contribution in [0.2, 0.25) is 0 Å². The van der Waals surface area contributed by atoms with E-state index in [-0.39, 0.29) is 19.5 Å². The van der Waals surface area contributed by atoms with Crippen LogP contribution in [0.4, 0.5) is 0 Å². The zero-order chi connectivity index (χ0) is 23.9. The molecule has 12 N–H and O–H groups in total. The van der Waals surface area contributed by atoms with Gasteiger partial charge in [-0.3, -0.25) is 19.2 Å². The maximum absolute atomic E-state index is 12.9. The van der Waals surface area contributed by atoms with Crippen molar-refractivity contribution in [2.75, 3.05) is 19.7 Å². The van der Waals surface area contributed by atoms with E-state index in [1.807, 2.05) is 0 Å². The molecule has 1 aliphatic heterocycles. The molecule has 14 heteroatoms. The number of β-amino-alcohol motifs (C(OH)–C–C–N with tert-alkyl or cyclic N) is 1. The minimum absolute atomic E-state index is 0.145. The monoisotopic (exact) mass is 448 g/mol. The molecule has 14 nitrogen and oxygen atoms in total. The molecule has 178 valence electrons. The fourth-order valence-electron chi connectivity index (χ4n) is 3.21. The van der Waals surface area contributed by atoms with Gasteiger partial charge in [-0.2, -0.15) is 0 Å². The third kappa shape index (κ3) is 7.68. The number of carbonyl (C=O) groups is 4. The Balaban J connectivity index is 3.01. The molecule has 1 heterocycles. The SMILES string of the molecule is C[C@H]([C@H](O)CO)[C@@H](NC(=O)[C@H]1C[C@H](O)CN1C(=O)[C@H](N)CC(N)=O)C(=O)NCC(N)O. The van der Waals surface area contributed by atoms with Gasteiger partial charge < -0.3 is 53.2 Å². The molecule has 0 spiro atoms. The second-order valence-corrected chi connectivity index (χ2v) is 7.58. The number of nitrogens with one attached hydrogen (secondary N) is 2. The third-order valence-electron chi connectivity index (χ3n) is 4.99. The molecule has 0 bridgehead atoms. The van der Waals surface area contributed by atoms with Crippen molar-refractivity contribution < 1.29 is 39.6 Å². The molecule has 0 aromatic rings. The first kappa shape index (κ1) is 26.7. The van der Waals surface area contributed by atoms with Crippen LogP contribution in [0, 0.1) is 5.92 Å². The number of rotatable bonds is 11. The zero-order valence-corrected chi connectivity index (χ0v) is 17.2. The van der Waals surface area contributed by atoms with Crippen LogP contribution in [0.1, 0.15) is 19.8 Å². The molecule has 31 heavy (non-hydrogen) atoms. The van der Waals surface area contributed by atoms with Gasteiger partial charge in [-0.1, -0.05) is 6.92 Å². The topological polar surface area (TPSA) is 255 Å². The average molecular weight is 448 g/mol. The lowest BCUT2D eigenvalue weighted by molar-refractivity contribution is -0.141. The molecule has 0 radical (unpaired) electrons. The van der Waals surface area contributed by atoms with Crippen molar-refractivity contribution >= 4 is 23.6 Å². The second-order valence-electron chi connectivity index (χ2n) is 7.58. The molecule has 7 atom stereocenters. The molecule has 0 saturated carbocycles. The second kappa shape index (κ2) is 11.9. The van der Waals surface area contributed by atoms with Crippen molar-refractivity contribution in [1.82, 2.24) is 15.5 Å². The van der Waals surface area contributed by atoms with Crippen molar-refractivity contribution in [1.29, 1.82) is 0 Å². The Kier molecular flexibility index (Phi) is 10.2. The summed E-state index contributed by atoms with van der Waals surface area (Å²) in [5.74, 6) is -4.16. The van der Waals surface area contributed by atoms with Crippen LogP contribution in [-0.4, -0.2) is 105 Å². The summed E-state index contributed by atoms with van der Waals surface area (Å²) in [5, 5.41) is 42.9. The number of amides is 4. The maximum Gasteiger partial charge on any atom is 0.243 e. The normalized spacial score (nSPS) is 23.4. The van der Waals surface area contributed by atoms with E-state index in [4.69, 9.17) is 22.3 Å². The minimum Gasteiger partial charge on any atom is -0.394 e. The summed E-state index contributed by atoms with van der Waals surface area (Å²) in [5.41, 5.74) is 15.9. The number of primary amides is 1. The standard InChI is InChI=1S/C17H32N6O8/c1-7(11(26)6-24)14(16(30)21-4-13(20)28)22-15(29)10-2-8(25)5-23(10)17(31)9(18)3-12(19)27/h7-11,13-14,24-26,28H,2-6,18,20H2,1H3,(H2,19,27)(H,21,30)(H,22,29)/t7-,8+,9-,10-,11-,13?,14-/m1/s1. The first-order valence-corrected chi connectivity index (χ1v) is 9.72. The molecule has 0 aromatic heterocycles. The van der Waals surface area contributed by atoms with E-state index >= 15 is 0 Å². The van der Waals surface area contributed by atoms with E-state index in [1.54, 1.807) is 0 Å². The summed E-state index contributed by atoms with van der Waals surface area (Å²) in [6.45, 7) is 0.171. The van der Waals surface area contributed by atoms with E-state index < -0.39 is 79.1 Å². The number of nitrogens with two attached hydrogens (primary N) is 3. The summed E-state index contributed by atoms with van der Waals surface area (Å²) in [7, 11) is 0. The first-order chi connectivity index (χ1) is 14.4. The van der Waals surface area contributed by atoms with E-state index in [9.17, 15) is 34.5 Å². The van der Waals surface area contributed by atoms with Crippen molar-refractivity contribution in [3.05, 3.63) is 0 Å². The lowest BCUT2D eigenvalue weighted by Gasteiger charge is -2.31. The Labute approximate surface area is 178 Å². The number of aliphatic hydroxyl groups excluding tert-OH is 4. The maximum atomic E-state index is 12.9. The van der Waals surface area contributed by atoms with Gasteiger partial charge in [0.1, 0.15) is 18.3 Å². The Morgan fingerprint density at radius 2 is 1.81 bits per heavy atom. The van der Waals surface area contributed by atoms with Crippen LogP contribution in [0.15, 0.2) is 0 Å². The van der Waals surface area contributed by atoms with E-state index in [1.165, 1.54) is 6.92 Å². The van der Waals surface area contributed by atoms with Crippen molar-refractivity contribution in [3.8, 4) is 0 Å². The van der Waals surface area contributed by atoms with Gasteiger partial charge in [0, 0.05) is 18.9 Å². The zero-order valence-electron chi connectivity index (χ0n) is 17.2. The van der Waals surface area contributed by atoms with Crippen LogP contribution in [0.5, 0.6) is 0 Å². The summed E-state index contributed by atoms with van der Waals surface area (Å²) in [6, 6.07) is -3.86. The number of hydrogen-bond donors (Lipinski definition) is 9. The van der Waals surface area contributed by atoms with Crippen LogP contribution in [-0.2, 0) is 19.2 Å². The highest BCUT2D eigenvalue weighted by molar-refractivity contribution is 5.94. The van der Waals surface area contributed by atoms with Gasteiger partial charge in [-0.25, -0.2) is 0 Å². The smallest absolute Gasteiger partial charge is 0.243 e. The summed E-state index contributed by atoms with van der Waals surface area (Å²) in [4.78, 5) is 49.9. The highest BCUT2D eigenvalue weighted by Gasteiger charge is 2.42. The number of carbonyl (C=O) groups excluding carboxylic acids is 4. The predicted octanol–water partition coefficient (Wildman–Crippen LogP) is -5.98. The molecule has 1 fully saturated rings. The average Bonchev–Trinajstić information content (AvgIpc) is 3.09. The molecule has 1 rings (SSSR count). The molecule has 1 unspecified atom stereocenters. The van der Waals surface area contributed by atoms with E-state index in [0.717, 1.165) is 4.90 Å². The van der Waals surface area contributed by atoms with Crippen molar-refractivity contribution in [3.63, 3.8) is 0 Å². The number of aliphatic hydroxyl groups is 4. The molecular weight excluding hydrogens is 416 g/mol.